The molecule has 3 unspecified atom stereocenters. The summed E-state index contributed by atoms with van der Waals surface area (Å²) in [6.45, 7) is 7.67. The SMILES string of the molecule is CC1CC(C)C(C)N(c2c(Cl)cccc2/C=C/C(=O)O)C1. The summed E-state index contributed by atoms with van der Waals surface area (Å²) >= 11 is 6.42. The molecule has 0 amide bonds. The fraction of sp³-hybridized carbons (Fsp3) is 0.471. The third-order valence-corrected chi connectivity index (χ3v) is 4.61. The molecule has 3 atom stereocenters. The van der Waals surface area contributed by atoms with E-state index in [4.69, 9.17) is 16.7 Å². The molecule has 1 heterocycles. The van der Waals surface area contributed by atoms with Gasteiger partial charge in [-0.2, -0.15) is 0 Å². The number of carbonyl (C=O) groups is 1. The molecule has 1 aromatic rings. The number of anilines is 1. The van der Waals surface area contributed by atoms with Gasteiger partial charge >= 0.3 is 5.97 Å². The summed E-state index contributed by atoms with van der Waals surface area (Å²) in [5, 5.41) is 9.52. The highest BCUT2D eigenvalue weighted by molar-refractivity contribution is 6.33. The molecular formula is C17H22ClNO2. The summed E-state index contributed by atoms with van der Waals surface area (Å²) in [5.74, 6) is 0.236. The van der Waals surface area contributed by atoms with Gasteiger partial charge < -0.3 is 10.0 Å². The van der Waals surface area contributed by atoms with Crippen molar-refractivity contribution in [2.24, 2.45) is 11.8 Å². The molecule has 21 heavy (non-hydrogen) atoms. The molecule has 1 N–H and O–H groups in total. The van der Waals surface area contributed by atoms with Gasteiger partial charge in [0.15, 0.2) is 0 Å². The predicted molar refractivity (Wildman–Crippen MR) is 87.9 cm³/mol. The average Bonchev–Trinajstić information content (AvgIpc) is 2.41. The summed E-state index contributed by atoms with van der Waals surface area (Å²) in [6.07, 6.45) is 4.00. The highest BCUT2D eigenvalue weighted by Gasteiger charge is 2.30. The van der Waals surface area contributed by atoms with Crippen LogP contribution in [0.1, 0.15) is 32.8 Å². The first-order valence-electron chi connectivity index (χ1n) is 7.36. The molecule has 1 saturated heterocycles. The maximum absolute atomic E-state index is 10.8. The molecule has 0 bridgehead atoms. The second-order valence-corrected chi connectivity index (χ2v) is 6.47. The maximum Gasteiger partial charge on any atom is 0.328 e. The summed E-state index contributed by atoms with van der Waals surface area (Å²) in [7, 11) is 0. The molecule has 0 aromatic heterocycles. The van der Waals surface area contributed by atoms with E-state index in [-0.39, 0.29) is 0 Å². The molecule has 1 aromatic carbocycles. The number of benzene rings is 1. The van der Waals surface area contributed by atoms with Crippen LogP contribution >= 0.6 is 11.6 Å². The van der Waals surface area contributed by atoms with Crippen LogP contribution in [0.2, 0.25) is 5.02 Å². The molecule has 3 nitrogen and oxygen atoms in total. The van der Waals surface area contributed by atoms with Crippen molar-refractivity contribution in [3.8, 4) is 0 Å². The highest BCUT2D eigenvalue weighted by atomic mass is 35.5. The lowest BCUT2D eigenvalue weighted by molar-refractivity contribution is -0.131. The van der Waals surface area contributed by atoms with Crippen molar-refractivity contribution in [2.45, 2.75) is 33.2 Å². The second-order valence-electron chi connectivity index (χ2n) is 6.06. The van der Waals surface area contributed by atoms with E-state index in [0.717, 1.165) is 23.9 Å². The number of rotatable bonds is 3. The third kappa shape index (κ3) is 3.59. The van der Waals surface area contributed by atoms with Gasteiger partial charge in [0.1, 0.15) is 0 Å². The van der Waals surface area contributed by atoms with Gasteiger partial charge in [0.2, 0.25) is 0 Å². The first kappa shape index (κ1) is 15.9. The molecule has 1 aliphatic heterocycles. The maximum atomic E-state index is 10.8. The van der Waals surface area contributed by atoms with Crippen LogP contribution in [-0.4, -0.2) is 23.7 Å². The van der Waals surface area contributed by atoms with E-state index < -0.39 is 5.97 Å². The van der Waals surface area contributed by atoms with Gasteiger partial charge in [0.05, 0.1) is 10.7 Å². The van der Waals surface area contributed by atoms with Gasteiger partial charge in [-0.3, -0.25) is 0 Å². The Labute approximate surface area is 131 Å². The van der Waals surface area contributed by atoms with Gasteiger partial charge in [-0.1, -0.05) is 37.6 Å². The van der Waals surface area contributed by atoms with E-state index in [1.807, 2.05) is 18.2 Å². The van der Waals surface area contributed by atoms with Crippen LogP contribution in [0.15, 0.2) is 24.3 Å². The zero-order valence-corrected chi connectivity index (χ0v) is 13.5. The van der Waals surface area contributed by atoms with Gasteiger partial charge in [0, 0.05) is 18.7 Å². The summed E-state index contributed by atoms with van der Waals surface area (Å²) < 4.78 is 0. The zero-order valence-electron chi connectivity index (χ0n) is 12.7. The Kier molecular flexibility index (Phi) is 4.94. The molecule has 0 saturated carbocycles. The lowest BCUT2D eigenvalue weighted by Crippen LogP contribution is -2.46. The summed E-state index contributed by atoms with van der Waals surface area (Å²) in [6, 6.07) is 6.02. The van der Waals surface area contributed by atoms with Crippen molar-refractivity contribution in [1.29, 1.82) is 0 Å². The largest absolute Gasteiger partial charge is 0.478 e. The molecule has 0 spiro atoms. The molecular weight excluding hydrogens is 286 g/mol. The topological polar surface area (TPSA) is 40.5 Å². The average molecular weight is 308 g/mol. The van der Waals surface area contributed by atoms with Crippen LogP contribution < -0.4 is 4.90 Å². The minimum Gasteiger partial charge on any atom is -0.478 e. The van der Waals surface area contributed by atoms with E-state index in [2.05, 4.69) is 25.7 Å². The molecule has 1 fully saturated rings. The minimum absolute atomic E-state index is 0.387. The van der Waals surface area contributed by atoms with Crippen molar-refractivity contribution < 1.29 is 9.90 Å². The van der Waals surface area contributed by atoms with Gasteiger partial charge in [-0.05, 0) is 42.9 Å². The van der Waals surface area contributed by atoms with E-state index in [9.17, 15) is 4.79 Å². The molecule has 0 aliphatic carbocycles. The normalized spacial score (nSPS) is 26.3. The zero-order chi connectivity index (χ0) is 15.6. The third-order valence-electron chi connectivity index (χ3n) is 4.31. The summed E-state index contributed by atoms with van der Waals surface area (Å²) in [5.41, 5.74) is 1.81. The minimum atomic E-state index is -0.950. The number of hydrogen-bond donors (Lipinski definition) is 1. The molecule has 1 aliphatic rings. The van der Waals surface area contributed by atoms with Crippen LogP contribution in [0.5, 0.6) is 0 Å². The van der Waals surface area contributed by atoms with Crippen molar-refractivity contribution >= 4 is 29.3 Å². The standard InChI is InChI=1S/C17H22ClNO2/c1-11-9-12(2)13(3)19(10-11)17-14(7-8-16(20)21)5-4-6-15(17)18/h4-8,11-13H,9-10H2,1-3H3,(H,20,21)/b8-7+. The number of aliphatic carboxylic acids is 1. The highest BCUT2D eigenvalue weighted by Crippen LogP contribution is 2.38. The number of carboxylic acids is 1. The van der Waals surface area contributed by atoms with E-state index in [1.165, 1.54) is 6.42 Å². The van der Waals surface area contributed by atoms with Crippen molar-refractivity contribution in [2.75, 3.05) is 11.4 Å². The van der Waals surface area contributed by atoms with Crippen LogP contribution in [0.3, 0.4) is 0 Å². The van der Waals surface area contributed by atoms with E-state index >= 15 is 0 Å². The Morgan fingerprint density at radius 1 is 1.38 bits per heavy atom. The number of nitrogens with zero attached hydrogens (tertiary/aromatic N) is 1. The van der Waals surface area contributed by atoms with Crippen LogP contribution in [-0.2, 0) is 4.79 Å². The van der Waals surface area contributed by atoms with Crippen molar-refractivity contribution in [3.63, 3.8) is 0 Å². The van der Waals surface area contributed by atoms with Crippen LogP contribution in [0.25, 0.3) is 6.08 Å². The van der Waals surface area contributed by atoms with Gasteiger partial charge in [-0.25, -0.2) is 4.79 Å². The number of carboxylic acid groups (broad SMARTS) is 1. The van der Waals surface area contributed by atoms with Crippen LogP contribution in [0.4, 0.5) is 5.69 Å². The molecule has 2 rings (SSSR count). The summed E-state index contributed by atoms with van der Waals surface area (Å²) in [4.78, 5) is 13.1. The Morgan fingerprint density at radius 3 is 2.76 bits per heavy atom. The van der Waals surface area contributed by atoms with Crippen molar-refractivity contribution in [1.82, 2.24) is 0 Å². The fourth-order valence-electron chi connectivity index (χ4n) is 3.14. The lowest BCUT2D eigenvalue weighted by Gasteiger charge is -2.43. The Bertz CT molecular complexity index is 556. The Balaban J connectivity index is 2.44. The first-order chi connectivity index (χ1) is 9.90. The second kappa shape index (κ2) is 6.52. The Hall–Kier alpha value is -1.48. The Morgan fingerprint density at radius 2 is 2.10 bits per heavy atom. The van der Waals surface area contributed by atoms with Crippen LogP contribution in [0, 0.1) is 11.8 Å². The number of para-hydroxylation sites is 1. The monoisotopic (exact) mass is 307 g/mol. The number of hydrogen-bond acceptors (Lipinski definition) is 2. The molecule has 4 heteroatoms. The van der Waals surface area contributed by atoms with Gasteiger partial charge in [-0.15, -0.1) is 0 Å². The smallest absolute Gasteiger partial charge is 0.328 e. The van der Waals surface area contributed by atoms with Crippen molar-refractivity contribution in [3.05, 3.63) is 34.9 Å². The number of halogens is 1. The first-order valence-corrected chi connectivity index (χ1v) is 7.74. The molecule has 0 radical (unpaired) electrons. The number of piperidine rings is 1. The van der Waals surface area contributed by atoms with Gasteiger partial charge in [0.25, 0.3) is 0 Å². The predicted octanol–water partition coefficient (Wildman–Crippen LogP) is 4.31. The van der Waals surface area contributed by atoms with E-state index in [0.29, 0.717) is 22.9 Å². The lowest BCUT2D eigenvalue weighted by atomic mass is 9.85. The molecule has 114 valence electrons. The van der Waals surface area contributed by atoms with E-state index in [1.54, 1.807) is 6.08 Å². The fourth-order valence-corrected chi connectivity index (χ4v) is 3.43. The quantitative estimate of drug-likeness (QED) is 0.846.